The maximum atomic E-state index is 12.8. The molecule has 0 radical (unpaired) electrons. The predicted octanol–water partition coefficient (Wildman–Crippen LogP) is 3.93. The first-order valence-electron chi connectivity index (χ1n) is 5.55. The van der Waals surface area contributed by atoms with Gasteiger partial charge in [-0.1, -0.05) is 26.0 Å². The lowest BCUT2D eigenvalue weighted by molar-refractivity contribution is 0.336. The molecule has 1 nitrogen and oxygen atoms in total. The molecule has 1 fully saturated rings. The van der Waals surface area contributed by atoms with Crippen molar-refractivity contribution < 1.29 is 4.39 Å². The van der Waals surface area contributed by atoms with Crippen LogP contribution in [0.25, 0.3) is 0 Å². The summed E-state index contributed by atoms with van der Waals surface area (Å²) in [5.41, 5.74) is 1.22. The van der Waals surface area contributed by atoms with Gasteiger partial charge in [-0.3, -0.25) is 4.90 Å². The normalized spacial score (nSPS) is 24.5. The minimum atomic E-state index is -0.154. The minimum Gasteiger partial charge on any atom is -0.284 e. The molecule has 0 aliphatic carbocycles. The maximum Gasteiger partial charge on any atom is 0.123 e. The van der Waals surface area contributed by atoms with Crippen LogP contribution in [-0.2, 0) is 0 Å². The van der Waals surface area contributed by atoms with Crippen LogP contribution >= 0.6 is 23.5 Å². The van der Waals surface area contributed by atoms with Crippen molar-refractivity contribution in [1.82, 2.24) is 4.90 Å². The number of hydrogen-bond acceptors (Lipinski definition) is 3. The highest BCUT2D eigenvalue weighted by molar-refractivity contribution is 8.32. The van der Waals surface area contributed by atoms with Gasteiger partial charge in [0.2, 0.25) is 0 Å². The zero-order valence-corrected chi connectivity index (χ0v) is 11.2. The summed E-state index contributed by atoms with van der Waals surface area (Å²) in [4.78, 5) is 2.44. The molecule has 4 heteroatoms. The van der Waals surface area contributed by atoms with E-state index in [2.05, 4.69) is 18.7 Å². The second-order valence-electron chi connectivity index (χ2n) is 3.68. The van der Waals surface area contributed by atoms with Gasteiger partial charge < -0.3 is 0 Å². The number of halogens is 1. The Morgan fingerprint density at radius 1 is 1.12 bits per heavy atom. The maximum absolute atomic E-state index is 12.8. The third kappa shape index (κ3) is 2.55. The van der Waals surface area contributed by atoms with Crippen molar-refractivity contribution >= 4 is 23.5 Å². The van der Waals surface area contributed by atoms with Crippen LogP contribution in [-0.4, -0.2) is 22.7 Å². The van der Waals surface area contributed by atoms with Gasteiger partial charge in [-0.15, -0.1) is 23.5 Å². The SMILES string of the molecule is CCN(CC)C1SC(c2ccc(F)cc2)S1. The first-order valence-corrected chi connectivity index (χ1v) is 7.43. The van der Waals surface area contributed by atoms with E-state index in [1.54, 1.807) is 12.1 Å². The molecule has 0 unspecified atom stereocenters. The highest BCUT2D eigenvalue weighted by atomic mass is 32.3. The van der Waals surface area contributed by atoms with Gasteiger partial charge in [0.15, 0.2) is 0 Å². The molecule has 0 saturated carbocycles. The van der Waals surface area contributed by atoms with Crippen molar-refractivity contribution in [3.8, 4) is 0 Å². The van der Waals surface area contributed by atoms with Gasteiger partial charge in [0.1, 0.15) is 10.5 Å². The monoisotopic (exact) mass is 257 g/mol. The van der Waals surface area contributed by atoms with E-state index in [4.69, 9.17) is 0 Å². The van der Waals surface area contributed by atoms with Crippen LogP contribution in [0.4, 0.5) is 4.39 Å². The van der Waals surface area contributed by atoms with E-state index in [0.717, 1.165) is 13.1 Å². The lowest BCUT2D eigenvalue weighted by Gasteiger charge is -2.40. The number of rotatable bonds is 4. The lowest BCUT2D eigenvalue weighted by Crippen LogP contribution is -2.35. The van der Waals surface area contributed by atoms with Gasteiger partial charge in [0, 0.05) is 0 Å². The quantitative estimate of drug-likeness (QED) is 0.804. The molecular weight excluding hydrogens is 241 g/mol. The van der Waals surface area contributed by atoms with Crippen molar-refractivity contribution in [3.05, 3.63) is 35.6 Å². The molecule has 0 spiro atoms. The molecule has 2 rings (SSSR count). The van der Waals surface area contributed by atoms with Gasteiger partial charge >= 0.3 is 0 Å². The van der Waals surface area contributed by atoms with Gasteiger partial charge in [0.25, 0.3) is 0 Å². The Labute approximate surface area is 105 Å². The summed E-state index contributed by atoms with van der Waals surface area (Å²) in [5, 5.41) is 0. The molecule has 0 amide bonds. The predicted molar refractivity (Wildman–Crippen MR) is 71.0 cm³/mol. The van der Waals surface area contributed by atoms with E-state index in [9.17, 15) is 4.39 Å². The van der Waals surface area contributed by atoms with Crippen LogP contribution < -0.4 is 0 Å². The number of nitrogens with zero attached hydrogens (tertiary/aromatic N) is 1. The average Bonchev–Trinajstić information content (AvgIpc) is 2.24. The van der Waals surface area contributed by atoms with Crippen LogP contribution in [0, 0.1) is 5.82 Å². The van der Waals surface area contributed by atoms with Crippen LogP contribution in [0.15, 0.2) is 24.3 Å². The molecule has 0 aromatic heterocycles. The molecule has 0 atom stereocenters. The summed E-state index contributed by atoms with van der Waals surface area (Å²) in [6, 6.07) is 6.86. The highest BCUT2D eigenvalue weighted by Gasteiger charge is 2.34. The molecular formula is C12H16FNS2. The molecule has 88 valence electrons. The summed E-state index contributed by atoms with van der Waals surface area (Å²) in [5.74, 6) is -0.154. The molecule has 0 bridgehead atoms. The van der Waals surface area contributed by atoms with Gasteiger partial charge in [0.05, 0.1) is 4.58 Å². The molecule has 1 aliphatic rings. The van der Waals surface area contributed by atoms with E-state index in [1.165, 1.54) is 5.56 Å². The Morgan fingerprint density at radius 2 is 1.69 bits per heavy atom. The fraction of sp³-hybridized carbons (Fsp3) is 0.500. The van der Waals surface area contributed by atoms with E-state index in [0.29, 0.717) is 9.29 Å². The van der Waals surface area contributed by atoms with E-state index in [-0.39, 0.29) is 5.82 Å². The summed E-state index contributed by atoms with van der Waals surface area (Å²) in [6.07, 6.45) is 0. The van der Waals surface area contributed by atoms with Crippen molar-refractivity contribution in [2.75, 3.05) is 13.1 Å². The third-order valence-electron chi connectivity index (χ3n) is 2.73. The third-order valence-corrected chi connectivity index (χ3v) is 6.17. The Morgan fingerprint density at radius 3 is 2.19 bits per heavy atom. The fourth-order valence-electron chi connectivity index (χ4n) is 1.69. The topological polar surface area (TPSA) is 3.24 Å². The van der Waals surface area contributed by atoms with E-state index in [1.807, 2.05) is 35.7 Å². The molecule has 1 saturated heterocycles. The van der Waals surface area contributed by atoms with Crippen LogP contribution in [0.3, 0.4) is 0 Å². The van der Waals surface area contributed by atoms with E-state index < -0.39 is 0 Å². The smallest absolute Gasteiger partial charge is 0.123 e. The molecule has 0 N–H and O–H groups in total. The number of benzene rings is 1. The van der Waals surface area contributed by atoms with Crippen LogP contribution in [0.1, 0.15) is 24.0 Å². The number of thioether (sulfide) groups is 2. The van der Waals surface area contributed by atoms with Crippen molar-refractivity contribution in [1.29, 1.82) is 0 Å². The summed E-state index contributed by atoms with van der Waals surface area (Å²) in [6.45, 7) is 6.57. The molecule has 1 heterocycles. The first kappa shape index (κ1) is 12.3. The second kappa shape index (κ2) is 5.43. The Kier molecular flexibility index (Phi) is 4.16. The van der Waals surface area contributed by atoms with Crippen LogP contribution in [0.5, 0.6) is 0 Å². The van der Waals surface area contributed by atoms with Crippen LogP contribution in [0.2, 0.25) is 0 Å². The largest absolute Gasteiger partial charge is 0.284 e. The Hall–Kier alpha value is -0.190. The first-order chi connectivity index (χ1) is 7.74. The van der Waals surface area contributed by atoms with Crippen molar-refractivity contribution in [2.24, 2.45) is 0 Å². The fourth-order valence-corrected chi connectivity index (χ4v) is 4.67. The zero-order valence-electron chi connectivity index (χ0n) is 9.52. The lowest BCUT2D eigenvalue weighted by atomic mass is 10.2. The summed E-state index contributed by atoms with van der Waals surface area (Å²) >= 11 is 3.91. The van der Waals surface area contributed by atoms with E-state index >= 15 is 0 Å². The number of hydrogen-bond donors (Lipinski definition) is 0. The molecule has 1 aromatic carbocycles. The molecule has 1 aliphatic heterocycles. The van der Waals surface area contributed by atoms with Crippen molar-refractivity contribution in [3.63, 3.8) is 0 Å². The second-order valence-corrected chi connectivity index (χ2v) is 6.66. The van der Waals surface area contributed by atoms with Gasteiger partial charge in [-0.2, -0.15) is 0 Å². The van der Waals surface area contributed by atoms with Gasteiger partial charge in [-0.25, -0.2) is 4.39 Å². The summed E-state index contributed by atoms with van der Waals surface area (Å²) < 4.78 is 13.8. The standard InChI is InChI=1S/C12H16FNS2/c1-3-14(4-2)12-15-11(16-12)9-5-7-10(13)8-6-9/h5-8,11-12H,3-4H2,1-2H3. The van der Waals surface area contributed by atoms with Crippen molar-refractivity contribution in [2.45, 2.75) is 23.1 Å². The van der Waals surface area contributed by atoms with Gasteiger partial charge in [-0.05, 0) is 30.8 Å². The Balaban J connectivity index is 1.90. The minimum absolute atomic E-state index is 0.154. The average molecular weight is 257 g/mol. The molecule has 16 heavy (non-hydrogen) atoms. The zero-order chi connectivity index (χ0) is 11.5. The summed E-state index contributed by atoms with van der Waals surface area (Å²) in [7, 11) is 0. The molecule has 1 aromatic rings. The Bertz CT molecular complexity index is 331. The highest BCUT2D eigenvalue weighted by Crippen LogP contribution is 2.58.